The van der Waals surface area contributed by atoms with Crippen LogP contribution in [-0.4, -0.2) is 11.6 Å². The third-order valence-corrected chi connectivity index (χ3v) is 1.27. The van der Waals surface area contributed by atoms with Gasteiger partial charge in [0.05, 0.1) is 6.61 Å². The van der Waals surface area contributed by atoms with Crippen molar-refractivity contribution in [3.05, 3.63) is 23.1 Å². The molecule has 1 aromatic rings. The molecule has 11 heavy (non-hydrogen) atoms. The number of hydrogen-bond donors (Lipinski definition) is 0. The predicted molar refractivity (Wildman–Crippen MR) is 40.4 cm³/mol. The summed E-state index contributed by atoms with van der Waals surface area (Å²) in [6, 6.07) is 2.60. The third-order valence-electron chi connectivity index (χ3n) is 1.06. The van der Waals surface area contributed by atoms with Gasteiger partial charge in [-0.25, -0.2) is 4.39 Å². The zero-order valence-corrected chi connectivity index (χ0v) is 6.73. The number of aromatic nitrogens is 1. The van der Waals surface area contributed by atoms with E-state index in [4.69, 9.17) is 16.3 Å². The SMILES string of the molecule is CCOc1nc(Cl)ccc1F. The van der Waals surface area contributed by atoms with Crippen molar-refractivity contribution in [3.63, 3.8) is 0 Å². The number of ether oxygens (including phenoxy) is 1. The zero-order valence-electron chi connectivity index (χ0n) is 5.97. The van der Waals surface area contributed by atoms with Crippen LogP contribution < -0.4 is 4.74 Å². The maximum Gasteiger partial charge on any atom is 0.251 e. The fourth-order valence-corrected chi connectivity index (χ4v) is 0.779. The first-order valence-corrected chi connectivity index (χ1v) is 3.56. The maximum atomic E-state index is 12.7. The van der Waals surface area contributed by atoms with E-state index in [0.29, 0.717) is 6.61 Å². The van der Waals surface area contributed by atoms with Gasteiger partial charge in [0, 0.05) is 0 Å². The van der Waals surface area contributed by atoms with Crippen molar-refractivity contribution < 1.29 is 9.13 Å². The molecule has 0 saturated carbocycles. The lowest BCUT2D eigenvalue weighted by Gasteiger charge is -2.01. The Hall–Kier alpha value is -0.830. The normalized spacial score (nSPS) is 9.73. The van der Waals surface area contributed by atoms with Gasteiger partial charge in [0.2, 0.25) is 0 Å². The molecule has 2 nitrogen and oxygen atoms in total. The van der Waals surface area contributed by atoms with E-state index in [1.165, 1.54) is 12.1 Å². The van der Waals surface area contributed by atoms with Crippen LogP contribution in [0.25, 0.3) is 0 Å². The third kappa shape index (κ3) is 2.05. The molecule has 4 heteroatoms. The predicted octanol–water partition coefficient (Wildman–Crippen LogP) is 2.27. The molecule has 0 aliphatic heterocycles. The molecule has 0 bridgehead atoms. The Morgan fingerprint density at radius 3 is 3.00 bits per heavy atom. The highest BCUT2D eigenvalue weighted by Gasteiger charge is 2.03. The quantitative estimate of drug-likeness (QED) is 0.644. The number of pyridine rings is 1. The summed E-state index contributed by atoms with van der Waals surface area (Å²) in [6.07, 6.45) is 0. The van der Waals surface area contributed by atoms with Crippen LogP contribution in [0.2, 0.25) is 5.15 Å². The fraction of sp³-hybridized carbons (Fsp3) is 0.286. The second-order valence-corrected chi connectivity index (χ2v) is 2.24. The van der Waals surface area contributed by atoms with Crippen LogP contribution in [0.1, 0.15) is 6.92 Å². The molecule has 0 spiro atoms. The summed E-state index contributed by atoms with van der Waals surface area (Å²) in [5, 5.41) is 0.231. The van der Waals surface area contributed by atoms with Gasteiger partial charge in [-0.15, -0.1) is 0 Å². The molecule has 1 heterocycles. The van der Waals surface area contributed by atoms with E-state index in [1.54, 1.807) is 6.92 Å². The molecule has 0 atom stereocenters. The van der Waals surface area contributed by atoms with Crippen molar-refractivity contribution in [1.82, 2.24) is 4.98 Å². The average molecular weight is 176 g/mol. The smallest absolute Gasteiger partial charge is 0.251 e. The molecule has 0 fully saturated rings. The molecule has 0 aliphatic carbocycles. The van der Waals surface area contributed by atoms with Crippen LogP contribution in [0.4, 0.5) is 4.39 Å². The van der Waals surface area contributed by atoms with Crippen molar-refractivity contribution >= 4 is 11.6 Å². The first kappa shape index (κ1) is 8.27. The average Bonchev–Trinajstić information content (AvgIpc) is 1.98. The summed E-state index contributed by atoms with van der Waals surface area (Å²) in [6.45, 7) is 2.13. The van der Waals surface area contributed by atoms with E-state index < -0.39 is 5.82 Å². The molecule has 0 radical (unpaired) electrons. The molecule has 0 amide bonds. The summed E-state index contributed by atoms with van der Waals surface area (Å²) >= 11 is 5.49. The van der Waals surface area contributed by atoms with Gasteiger partial charge in [0.15, 0.2) is 5.82 Å². The molecular formula is C7H7ClFNO. The molecule has 0 aliphatic rings. The van der Waals surface area contributed by atoms with Gasteiger partial charge in [0.25, 0.3) is 5.88 Å². The highest BCUT2D eigenvalue weighted by Crippen LogP contribution is 2.16. The van der Waals surface area contributed by atoms with Gasteiger partial charge in [-0.3, -0.25) is 0 Å². The topological polar surface area (TPSA) is 22.1 Å². The van der Waals surface area contributed by atoms with E-state index in [-0.39, 0.29) is 11.0 Å². The van der Waals surface area contributed by atoms with Gasteiger partial charge >= 0.3 is 0 Å². The van der Waals surface area contributed by atoms with Crippen LogP contribution in [0.15, 0.2) is 12.1 Å². The molecule has 0 unspecified atom stereocenters. The summed E-state index contributed by atoms with van der Waals surface area (Å²) in [7, 11) is 0. The largest absolute Gasteiger partial charge is 0.476 e. The van der Waals surface area contributed by atoms with E-state index in [1.807, 2.05) is 0 Å². The van der Waals surface area contributed by atoms with Crippen molar-refractivity contribution in [3.8, 4) is 5.88 Å². The van der Waals surface area contributed by atoms with Crippen molar-refractivity contribution in [2.45, 2.75) is 6.92 Å². The van der Waals surface area contributed by atoms with Crippen LogP contribution in [0.5, 0.6) is 5.88 Å². The number of halogens is 2. The Balaban J connectivity index is 2.93. The van der Waals surface area contributed by atoms with E-state index >= 15 is 0 Å². The minimum atomic E-state index is -0.490. The Morgan fingerprint density at radius 2 is 2.36 bits per heavy atom. The van der Waals surface area contributed by atoms with E-state index in [0.717, 1.165) is 0 Å². The zero-order chi connectivity index (χ0) is 8.27. The molecule has 0 saturated heterocycles. The standard InChI is InChI=1S/C7H7ClFNO/c1-2-11-7-5(9)3-4-6(8)10-7/h3-4H,2H2,1H3. The lowest BCUT2D eigenvalue weighted by Crippen LogP contribution is -1.97. The molecular weight excluding hydrogens is 169 g/mol. The number of nitrogens with zero attached hydrogens (tertiary/aromatic N) is 1. The minimum absolute atomic E-state index is 0.0417. The summed E-state index contributed by atoms with van der Waals surface area (Å²) in [4.78, 5) is 3.63. The van der Waals surface area contributed by atoms with Crippen molar-refractivity contribution in [1.29, 1.82) is 0 Å². The molecule has 60 valence electrons. The van der Waals surface area contributed by atoms with Gasteiger partial charge in [-0.1, -0.05) is 11.6 Å². The molecule has 1 rings (SSSR count). The second-order valence-electron chi connectivity index (χ2n) is 1.85. The van der Waals surface area contributed by atoms with Crippen LogP contribution in [0, 0.1) is 5.82 Å². The van der Waals surface area contributed by atoms with E-state index in [2.05, 4.69) is 4.98 Å². The Kier molecular flexibility index (Phi) is 2.65. The Morgan fingerprint density at radius 1 is 1.64 bits per heavy atom. The highest BCUT2D eigenvalue weighted by atomic mass is 35.5. The molecule has 0 aromatic carbocycles. The lowest BCUT2D eigenvalue weighted by atomic mass is 10.5. The molecule has 1 aromatic heterocycles. The number of hydrogen-bond acceptors (Lipinski definition) is 2. The van der Waals surface area contributed by atoms with Crippen LogP contribution in [0.3, 0.4) is 0 Å². The van der Waals surface area contributed by atoms with Crippen molar-refractivity contribution in [2.24, 2.45) is 0 Å². The second kappa shape index (κ2) is 3.53. The van der Waals surface area contributed by atoms with E-state index in [9.17, 15) is 4.39 Å². The van der Waals surface area contributed by atoms with Gasteiger partial charge < -0.3 is 4.74 Å². The van der Waals surface area contributed by atoms with Gasteiger partial charge in [0.1, 0.15) is 5.15 Å². The fourth-order valence-electron chi connectivity index (χ4n) is 0.639. The Bertz CT molecular complexity index is 254. The van der Waals surface area contributed by atoms with Gasteiger partial charge in [-0.05, 0) is 19.1 Å². The summed E-state index contributed by atoms with van der Waals surface area (Å²) in [5.41, 5.74) is 0. The molecule has 0 N–H and O–H groups in total. The maximum absolute atomic E-state index is 12.7. The summed E-state index contributed by atoms with van der Waals surface area (Å²) in [5.74, 6) is -0.531. The summed E-state index contributed by atoms with van der Waals surface area (Å²) < 4.78 is 17.6. The highest BCUT2D eigenvalue weighted by molar-refractivity contribution is 6.29. The van der Waals surface area contributed by atoms with Gasteiger partial charge in [-0.2, -0.15) is 4.98 Å². The Labute approximate surface area is 69.0 Å². The first-order valence-electron chi connectivity index (χ1n) is 3.19. The number of rotatable bonds is 2. The lowest BCUT2D eigenvalue weighted by molar-refractivity contribution is 0.307. The van der Waals surface area contributed by atoms with Crippen LogP contribution >= 0.6 is 11.6 Å². The van der Waals surface area contributed by atoms with Crippen molar-refractivity contribution in [2.75, 3.05) is 6.61 Å². The minimum Gasteiger partial charge on any atom is -0.476 e. The monoisotopic (exact) mass is 175 g/mol. The van der Waals surface area contributed by atoms with Crippen LogP contribution in [-0.2, 0) is 0 Å². The first-order chi connectivity index (χ1) is 5.24.